The molecule has 0 aliphatic carbocycles. The average Bonchev–Trinajstić information content (AvgIpc) is 2.95. The number of rotatable bonds is 4. The molecule has 0 atom stereocenters. The van der Waals surface area contributed by atoms with Crippen molar-refractivity contribution in [2.45, 2.75) is 20.0 Å². The number of fused-ring (bicyclic) bond motifs is 1. The predicted octanol–water partition coefficient (Wildman–Crippen LogP) is 4.02. The van der Waals surface area contributed by atoms with E-state index in [2.05, 4.69) is 24.0 Å². The van der Waals surface area contributed by atoms with Gasteiger partial charge in [0.2, 0.25) is 0 Å². The Morgan fingerprint density at radius 3 is 2.80 bits per heavy atom. The van der Waals surface area contributed by atoms with E-state index >= 15 is 0 Å². The van der Waals surface area contributed by atoms with E-state index in [1.165, 1.54) is 9.75 Å². The number of nitrogens with two attached hydrogens (primary N) is 1. The summed E-state index contributed by atoms with van der Waals surface area (Å²) in [5.41, 5.74) is 7.51. The van der Waals surface area contributed by atoms with Crippen LogP contribution in [0.1, 0.15) is 16.7 Å². The van der Waals surface area contributed by atoms with Gasteiger partial charge in [0.05, 0.1) is 0 Å². The first-order chi connectivity index (χ1) is 9.78. The topological polar surface area (TPSA) is 48.1 Å². The highest BCUT2D eigenvalue weighted by Gasteiger charge is 2.07. The van der Waals surface area contributed by atoms with Crippen molar-refractivity contribution in [1.29, 1.82) is 0 Å². The van der Waals surface area contributed by atoms with E-state index in [0.29, 0.717) is 6.61 Å². The van der Waals surface area contributed by atoms with Crippen LogP contribution in [0.3, 0.4) is 0 Å². The summed E-state index contributed by atoms with van der Waals surface area (Å²) in [6, 6.07) is 11.9. The molecular weight excluding hydrogens is 268 g/mol. The Bertz CT molecular complexity index is 736. The van der Waals surface area contributed by atoms with Crippen molar-refractivity contribution in [3.8, 4) is 5.75 Å². The van der Waals surface area contributed by atoms with E-state index in [9.17, 15) is 0 Å². The van der Waals surface area contributed by atoms with E-state index in [-0.39, 0.29) is 0 Å². The van der Waals surface area contributed by atoms with Crippen molar-refractivity contribution in [1.82, 2.24) is 4.98 Å². The second kappa shape index (κ2) is 5.51. The molecule has 0 spiro atoms. The van der Waals surface area contributed by atoms with Gasteiger partial charge in [0, 0.05) is 27.0 Å². The standard InChI is InChI=1S/C16H16N2OS/c1-2-11-5-6-12(20-11)10-19-15-8-7-14(17)13-4-3-9-18-16(13)15/h3-9H,2,10,17H2,1H3. The van der Waals surface area contributed by atoms with Gasteiger partial charge < -0.3 is 10.5 Å². The highest BCUT2D eigenvalue weighted by Crippen LogP contribution is 2.29. The number of thiophene rings is 1. The van der Waals surface area contributed by atoms with Crippen molar-refractivity contribution in [2.24, 2.45) is 0 Å². The van der Waals surface area contributed by atoms with Crippen LogP contribution in [0.15, 0.2) is 42.6 Å². The zero-order valence-corrected chi connectivity index (χ0v) is 12.1. The molecular formula is C16H16N2OS. The molecule has 3 rings (SSSR count). The van der Waals surface area contributed by atoms with Gasteiger partial charge in [0.1, 0.15) is 17.9 Å². The van der Waals surface area contributed by atoms with Crippen LogP contribution in [-0.2, 0) is 13.0 Å². The smallest absolute Gasteiger partial charge is 0.146 e. The minimum atomic E-state index is 0.570. The fraction of sp³-hybridized carbons (Fsp3) is 0.188. The Morgan fingerprint density at radius 2 is 2.00 bits per heavy atom. The second-order valence-electron chi connectivity index (χ2n) is 4.56. The number of aromatic nitrogens is 1. The van der Waals surface area contributed by atoms with Crippen LogP contribution in [0.25, 0.3) is 10.9 Å². The molecule has 2 N–H and O–H groups in total. The highest BCUT2D eigenvalue weighted by molar-refractivity contribution is 7.11. The molecule has 0 radical (unpaired) electrons. The van der Waals surface area contributed by atoms with Crippen molar-refractivity contribution in [2.75, 3.05) is 5.73 Å². The molecule has 2 heterocycles. The van der Waals surface area contributed by atoms with Gasteiger partial charge >= 0.3 is 0 Å². The fourth-order valence-electron chi connectivity index (χ4n) is 2.12. The molecule has 2 aromatic heterocycles. The lowest BCUT2D eigenvalue weighted by Crippen LogP contribution is -1.96. The second-order valence-corrected chi connectivity index (χ2v) is 5.82. The number of aryl methyl sites for hydroxylation is 1. The molecule has 0 saturated carbocycles. The zero-order chi connectivity index (χ0) is 13.9. The van der Waals surface area contributed by atoms with Crippen LogP contribution < -0.4 is 10.5 Å². The molecule has 0 fully saturated rings. The summed E-state index contributed by atoms with van der Waals surface area (Å²) in [4.78, 5) is 6.98. The summed E-state index contributed by atoms with van der Waals surface area (Å²) in [6.45, 7) is 2.73. The van der Waals surface area contributed by atoms with Crippen molar-refractivity contribution < 1.29 is 4.74 Å². The van der Waals surface area contributed by atoms with Crippen molar-refractivity contribution in [3.05, 3.63) is 52.3 Å². The van der Waals surface area contributed by atoms with E-state index in [4.69, 9.17) is 10.5 Å². The molecule has 20 heavy (non-hydrogen) atoms. The molecule has 0 bridgehead atoms. The molecule has 0 unspecified atom stereocenters. The van der Waals surface area contributed by atoms with E-state index in [1.807, 2.05) is 24.3 Å². The lowest BCUT2D eigenvalue weighted by Gasteiger charge is -2.09. The maximum absolute atomic E-state index is 5.96. The number of ether oxygens (including phenoxy) is 1. The third-order valence-corrected chi connectivity index (χ3v) is 4.41. The zero-order valence-electron chi connectivity index (χ0n) is 11.3. The quantitative estimate of drug-likeness (QED) is 0.736. The average molecular weight is 284 g/mol. The molecule has 0 aliphatic rings. The number of nitrogens with zero attached hydrogens (tertiary/aromatic N) is 1. The Kier molecular flexibility index (Phi) is 3.56. The summed E-state index contributed by atoms with van der Waals surface area (Å²) in [6.07, 6.45) is 2.83. The van der Waals surface area contributed by atoms with E-state index in [1.54, 1.807) is 17.5 Å². The first-order valence-corrected chi connectivity index (χ1v) is 7.43. The number of hydrogen-bond acceptors (Lipinski definition) is 4. The minimum Gasteiger partial charge on any atom is -0.486 e. The number of benzene rings is 1. The number of anilines is 1. The van der Waals surface area contributed by atoms with Gasteiger partial charge in [-0.25, -0.2) is 0 Å². The number of nitrogen functional groups attached to an aromatic ring is 1. The Hall–Kier alpha value is -2.07. The highest BCUT2D eigenvalue weighted by atomic mass is 32.1. The van der Waals surface area contributed by atoms with Crippen LogP contribution in [0, 0.1) is 0 Å². The Morgan fingerprint density at radius 1 is 1.15 bits per heavy atom. The third kappa shape index (κ3) is 2.47. The first kappa shape index (κ1) is 12.9. The maximum atomic E-state index is 5.96. The summed E-state index contributed by atoms with van der Waals surface area (Å²) < 4.78 is 5.91. The normalized spacial score (nSPS) is 10.8. The Labute approximate surface area is 122 Å². The summed E-state index contributed by atoms with van der Waals surface area (Å²) in [5.74, 6) is 0.779. The van der Waals surface area contributed by atoms with E-state index in [0.717, 1.165) is 28.8 Å². The molecule has 3 aromatic rings. The SMILES string of the molecule is CCc1ccc(COc2ccc(N)c3cccnc23)s1. The van der Waals surface area contributed by atoms with Gasteiger partial charge in [-0.2, -0.15) is 0 Å². The lowest BCUT2D eigenvalue weighted by molar-refractivity contribution is 0.313. The van der Waals surface area contributed by atoms with Gasteiger partial charge in [-0.1, -0.05) is 6.92 Å². The molecule has 4 heteroatoms. The van der Waals surface area contributed by atoms with Crippen molar-refractivity contribution in [3.63, 3.8) is 0 Å². The van der Waals surface area contributed by atoms with Gasteiger partial charge in [0.25, 0.3) is 0 Å². The number of hydrogen-bond donors (Lipinski definition) is 1. The van der Waals surface area contributed by atoms with E-state index < -0.39 is 0 Å². The van der Waals surface area contributed by atoms with Crippen molar-refractivity contribution >= 4 is 27.9 Å². The van der Waals surface area contributed by atoms with Gasteiger partial charge in [0.15, 0.2) is 0 Å². The Balaban J connectivity index is 1.86. The molecule has 0 aliphatic heterocycles. The molecule has 1 aromatic carbocycles. The minimum absolute atomic E-state index is 0.570. The van der Waals surface area contributed by atoms with Gasteiger partial charge in [-0.3, -0.25) is 4.98 Å². The summed E-state index contributed by atoms with van der Waals surface area (Å²) in [5, 5.41) is 0.936. The monoisotopic (exact) mass is 284 g/mol. The molecule has 3 nitrogen and oxygen atoms in total. The van der Waals surface area contributed by atoms with Crippen LogP contribution in [0.2, 0.25) is 0 Å². The van der Waals surface area contributed by atoms with Gasteiger partial charge in [-0.15, -0.1) is 11.3 Å². The molecule has 0 amide bonds. The summed E-state index contributed by atoms with van der Waals surface area (Å²) in [7, 11) is 0. The van der Waals surface area contributed by atoms with Crippen LogP contribution in [0.4, 0.5) is 5.69 Å². The largest absolute Gasteiger partial charge is 0.486 e. The molecule has 0 saturated heterocycles. The third-order valence-electron chi connectivity index (χ3n) is 3.20. The van der Waals surface area contributed by atoms with Crippen LogP contribution >= 0.6 is 11.3 Å². The number of pyridine rings is 1. The fourth-order valence-corrected chi connectivity index (χ4v) is 3.00. The van der Waals surface area contributed by atoms with Crippen LogP contribution in [-0.4, -0.2) is 4.98 Å². The summed E-state index contributed by atoms with van der Waals surface area (Å²) >= 11 is 1.79. The predicted molar refractivity (Wildman–Crippen MR) is 84.2 cm³/mol. The lowest BCUT2D eigenvalue weighted by atomic mass is 10.2. The van der Waals surface area contributed by atoms with Gasteiger partial charge in [-0.05, 0) is 42.8 Å². The molecule has 102 valence electrons. The first-order valence-electron chi connectivity index (χ1n) is 6.61. The maximum Gasteiger partial charge on any atom is 0.146 e. The van der Waals surface area contributed by atoms with Crippen LogP contribution in [0.5, 0.6) is 5.75 Å².